The van der Waals surface area contributed by atoms with Crippen molar-refractivity contribution in [1.29, 1.82) is 0 Å². The van der Waals surface area contributed by atoms with E-state index in [0.29, 0.717) is 30.3 Å². The fourth-order valence-corrected chi connectivity index (χ4v) is 4.29. The molecule has 27 heavy (non-hydrogen) atoms. The Morgan fingerprint density at radius 3 is 2.81 bits per heavy atom. The molecule has 0 aliphatic heterocycles. The van der Waals surface area contributed by atoms with Gasteiger partial charge in [0.1, 0.15) is 10.7 Å². The first-order valence-corrected chi connectivity index (χ1v) is 10.0. The highest BCUT2D eigenvalue weighted by atomic mass is 32.1. The van der Waals surface area contributed by atoms with Gasteiger partial charge in [-0.2, -0.15) is 0 Å². The summed E-state index contributed by atoms with van der Waals surface area (Å²) in [5.74, 6) is 0.640. The number of aliphatic hydroxyl groups is 1. The molecule has 6 heteroatoms. The largest absolute Gasteiger partial charge is 0.385 e. The second kappa shape index (κ2) is 7.03. The van der Waals surface area contributed by atoms with E-state index in [2.05, 4.69) is 16.5 Å². The molecule has 140 valence electrons. The van der Waals surface area contributed by atoms with Crippen LogP contribution in [0.25, 0.3) is 21.3 Å². The first-order chi connectivity index (χ1) is 13.0. The number of hydrogen-bond acceptors (Lipinski definition) is 5. The molecule has 2 N–H and O–H groups in total. The van der Waals surface area contributed by atoms with Crippen LogP contribution in [0.4, 0.5) is 0 Å². The van der Waals surface area contributed by atoms with Gasteiger partial charge in [-0.1, -0.05) is 36.4 Å². The van der Waals surface area contributed by atoms with Gasteiger partial charge < -0.3 is 10.1 Å². The third-order valence-electron chi connectivity index (χ3n) is 4.96. The van der Waals surface area contributed by atoms with E-state index < -0.39 is 5.60 Å². The Kier molecular flexibility index (Phi) is 4.72. The van der Waals surface area contributed by atoms with Crippen LogP contribution < -0.4 is 5.56 Å². The van der Waals surface area contributed by atoms with Crippen molar-refractivity contribution in [2.24, 2.45) is 0 Å². The van der Waals surface area contributed by atoms with Gasteiger partial charge in [0.25, 0.3) is 5.56 Å². The van der Waals surface area contributed by atoms with Gasteiger partial charge in [0.15, 0.2) is 0 Å². The minimum Gasteiger partial charge on any atom is -0.385 e. The van der Waals surface area contributed by atoms with Gasteiger partial charge in [-0.05, 0) is 25.3 Å². The zero-order valence-electron chi connectivity index (χ0n) is 15.3. The second-order valence-electron chi connectivity index (χ2n) is 7.41. The molecule has 1 saturated carbocycles. The van der Waals surface area contributed by atoms with Gasteiger partial charge in [0, 0.05) is 23.5 Å². The average Bonchev–Trinajstić information content (AvgIpc) is 3.41. The van der Waals surface area contributed by atoms with E-state index in [-0.39, 0.29) is 5.56 Å². The maximum atomic E-state index is 12.8. The van der Waals surface area contributed by atoms with Crippen LogP contribution >= 0.6 is 11.3 Å². The number of H-pyrrole nitrogens is 1. The third-order valence-corrected chi connectivity index (χ3v) is 5.83. The third kappa shape index (κ3) is 3.88. The Morgan fingerprint density at radius 1 is 1.41 bits per heavy atom. The van der Waals surface area contributed by atoms with Gasteiger partial charge in [0.05, 0.1) is 17.5 Å². The van der Waals surface area contributed by atoms with E-state index in [9.17, 15) is 9.90 Å². The van der Waals surface area contributed by atoms with Crippen LogP contribution in [-0.4, -0.2) is 38.2 Å². The molecular formula is C21H23N3O2S. The van der Waals surface area contributed by atoms with Crippen molar-refractivity contribution in [3.63, 3.8) is 0 Å². The molecule has 2 heterocycles. The van der Waals surface area contributed by atoms with E-state index in [1.54, 1.807) is 13.0 Å². The van der Waals surface area contributed by atoms with Crippen molar-refractivity contribution in [3.05, 3.63) is 64.5 Å². The first-order valence-electron chi connectivity index (χ1n) is 9.13. The van der Waals surface area contributed by atoms with Gasteiger partial charge in [0.2, 0.25) is 0 Å². The molecule has 1 atom stereocenters. The molecule has 4 rings (SSSR count). The van der Waals surface area contributed by atoms with Crippen molar-refractivity contribution >= 4 is 21.6 Å². The SMILES string of the molecule is C=CC(C)(O)CN(Cc1nc2scc(-c3ccccc3)c2c(=O)[nH]1)C1CC1. The molecule has 0 amide bonds. The predicted molar refractivity (Wildman–Crippen MR) is 110 cm³/mol. The lowest BCUT2D eigenvalue weighted by Gasteiger charge is -2.29. The lowest BCUT2D eigenvalue weighted by Crippen LogP contribution is -2.40. The number of aromatic nitrogens is 2. The molecule has 0 radical (unpaired) electrons. The van der Waals surface area contributed by atoms with Crippen molar-refractivity contribution in [2.75, 3.05) is 6.54 Å². The number of benzene rings is 1. The van der Waals surface area contributed by atoms with Gasteiger partial charge in [-0.3, -0.25) is 9.69 Å². The lowest BCUT2D eigenvalue weighted by atomic mass is 10.1. The highest BCUT2D eigenvalue weighted by Gasteiger charge is 2.33. The number of rotatable bonds is 7. The van der Waals surface area contributed by atoms with E-state index in [1.807, 2.05) is 35.7 Å². The molecule has 2 aromatic heterocycles. The number of thiophene rings is 1. The summed E-state index contributed by atoms with van der Waals surface area (Å²) in [4.78, 5) is 23.4. The van der Waals surface area contributed by atoms with E-state index in [4.69, 9.17) is 4.98 Å². The maximum Gasteiger partial charge on any atom is 0.260 e. The van der Waals surface area contributed by atoms with Crippen molar-refractivity contribution < 1.29 is 5.11 Å². The summed E-state index contributed by atoms with van der Waals surface area (Å²) >= 11 is 1.49. The Labute approximate surface area is 162 Å². The number of aromatic amines is 1. The number of nitrogens with one attached hydrogen (secondary N) is 1. The Morgan fingerprint density at radius 2 is 2.15 bits per heavy atom. The Balaban J connectivity index is 1.66. The molecule has 1 aromatic carbocycles. The Bertz CT molecular complexity index is 1020. The number of hydrogen-bond donors (Lipinski definition) is 2. The highest BCUT2D eigenvalue weighted by molar-refractivity contribution is 7.17. The fourth-order valence-electron chi connectivity index (χ4n) is 3.32. The summed E-state index contributed by atoms with van der Waals surface area (Å²) in [6.45, 7) is 6.45. The summed E-state index contributed by atoms with van der Waals surface area (Å²) < 4.78 is 0. The van der Waals surface area contributed by atoms with Crippen LogP contribution in [0.2, 0.25) is 0 Å². The topological polar surface area (TPSA) is 69.2 Å². The quantitative estimate of drug-likeness (QED) is 0.614. The predicted octanol–water partition coefficient (Wildman–Crippen LogP) is 3.55. The zero-order chi connectivity index (χ0) is 19.0. The standard InChI is InChI=1S/C21H23N3O2S/c1-3-21(2,26)13-24(15-9-10-15)11-17-22-19(25)18-16(12-27-20(18)23-17)14-7-5-4-6-8-14/h3-8,12,15,26H,1,9-11,13H2,2H3,(H,22,23,25). The zero-order valence-corrected chi connectivity index (χ0v) is 16.1. The monoisotopic (exact) mass is 381 g/mol. The molecule has 0 bridgehead atoms. The van der Waals surface area contributed by atoms with Crippen LogP contribution in [0.15, 0.2) is 53.2 Å². The molecule has 1 aliphatic carbocycles. The smallest absolute Gasteiger partial charge is 0.260 e. The molecule has 1 unspecified atom stereocenters. The molecule has 0 spiro atoms. The average molecular weight is 382 g/mol. The summed E-state index contributed by atoms with van der Waals surface area (Å²) in [7, 11) is 0. The minimum atomic E-state index is -0.962. The van der Waals surface area contributed by atoms with Crippen molar-refractivity contribution in [2.45, 2.75) is 38.0 Å². The summed E-state index contributed by atoms with van der Waals surface area (Å²) in [6.07, 6.45) is 3.78. The van der Waals surface area contributed by atoms with Gasteiger partial charge in [-0.15, -0.1) is 17.9 Å². The molecular weight excluding hydrogens is 358 g/mol. The van der Waals surface area contributed by atoms with Crippen LogP contribution in [0.1, 0.15) is 25.6 Å². The molecule has 0 saturated heterocycles. The summed E-state index contributed by atoms with van der Waals surface area (Å²) in [6, 6.07) is 10.3. The molecule has 5 nitrogen and oxygen atoms in total. The highest BCUT2D eigenvalue weighted by Crippen LogP contribution is 2.32. The molecule has 1 fully saturated rings. The minimum absolute atomic E-state index is 0.110. The van der Waals surface area contributed by atoms with Crippen LogP contribution in [0.5, 0.6) is 0 Å². The summed E-state index contributed by atoms with van der Waals surface area (Å²) in [5.41, 5.74) is 0.868. The van der Waals surface area contributed by atoms with E-state index in [0.717, 1.165) is 28.8 Å². The van der Waals surface area contributed by atoms with Gasteiger partial charge >= 0.3 is 0 Å². The first kappa shape index (κ1) is 18.1. The van der Waals surface area contributed by atoms with Crippen molar-refractivity contribution in [1.82, 2.24) is 14.9 Å². The molecule has 1 aliphatic rings. The maximum absolute atomic E-state index is 12.8. The normalized spacial score (nSPS) is 16.6. The van der Waals surface area contributed by atoms with Crippen LogP contribution in [0, 0.1) is 0 Å². The fraction of sp³-hybridized carbons (Fsp3) is 0.333. The van der Waals surface area contributed by atoms with Crippen LogP contribution in [-0.2, 0) is 6.54 Å². The Hall–Kier alpha value is -2.28. The lowest BCUT2D eigenvalue weighted by molar-refractivity contribution is 0.0543. The van der Waals surface area contributed by atoms with Crippen molar-refractivity contribution in [3.8, 4) is 11.1 Å². The van der Waals surface area contributed by atoms with E-state index >= 15 is 0 Å². The number of nitrogens with zero attached hydrogens (tertiary/aromatic N) is 2. The van der Waals surface area contributed by atoms with Gasteiger partial charge in [-0.25, -0.2) is 4.98 Å². The molecule has 3 aromatic rings. The second-order valence-corrected chi connectivity index (χ2v) is 8.26. The van der Waals surface area contributed by atoms with E-state index in [1.165, 1.54) is 11.3 Å². The summed E-state index contributed by atoms with van der Waals surface area (Å²) in [5, 5.41) is 13.0. The number of fused-ring (bicyclic) bond motifs is 1. The van der Waals surface area contributed by atoms with Crippen LogP contribution in [0.3, 0.4) is 0 Å².